The van der Waals surface area contributed by atoms with Crippen molar-refractivity contribution in [2.75, 3.05) is 6.61 Å². The van der Waals surface area contributed by atoms with Crippen molar-refractivity contribution < 1.29 is 14.6 Å². The minimum Gasteiger partial charge on any atom is -0.461 e. The van der Waals surface area contributed by atoms with Crippen LogP contribution < -0.4 is 5.56 Å². The van der Waals surface area contributed by atoms with Crippen LogP contribution in [-0.4, -0.2) is 55.4 Å². The summed E-state index contributed by atoms with van der Waals surface area (Å²) in [6.07, 6.45) is 10.8. The fraction of sp³-hybridized carbons (Fsp3) is 0.679. The van der Waals surface area contributed by atoms with E-state index in [4.69, 9.17) is 4.74 Å². The molecule has 0 radical (unpaired) electrons. The molecule has 35 heavy (non-hydrogen) atoms. The summed E-state index contributed by atoms with van der Waals surface area (Å²) in [7, 11) is 0. The Morgan fingerprint density at radius 3 is 2.40 bits per heavy atom. The highest BCUT2D eigenvalue weighted by Gasteiger charge is 2.62. The molecule has 1 aromatic heterocycles. The third-order valence-electron chi connectivity index (χ3n) is 9.88. The number of carbonyl (C=O) groups excluding carboxylic acids is 1. The zero-order chi connectivity index (χ0) is 23.9. The van der Waals surface area contributed by atoms with Crippen molar-refractivity contribution in [2.45, 2.75) is 100 Å². The van der Waals surface area contributed by atoms with E-state index in [0.717, 1.165) is 50.5 Å². The van der Waals surface area contributed by atoms with Gasteiger partial charge in [-0.3, -0.25) is 9.69 Å². The first-order chi connectivity index (χ1) is 16.9. The number of fused-ring (bicyclic) bond motifs is 3. The number of para-hydroxylation sites is 2. The summed E-state index contributed by atoms with van der Waals surface area (Å²) in [6, 6.07) is 8.52. The number of piperidine rings is 1. The van der Waals surface area contributed by atoms with Crippen molar-refractivity contribution >= 4 is 17.0 Å². The Labute approximate surface area is 205 Å². The van der Waals surface area contributed by atoms with E-state index in [1.165, 1.54) is 19.3 Å². The van der Waals surface area contributed by atoms with Crippen LogP contribution in [0.2, 0.25) is 0 Å². The highest BCUT2D eigenvalue weighted by atomic mass is 16.5. The predicted octanol–water partition coefficient (Wildman–Crippen LogP) is 3.82. The molecule has 186 valence electrons. The number of ether oxygens (including phenoxy) is 1. The molecule has 6 aliphatic rings. The average molecular weight is 478 g/mol. The third-order valence-corrected chi connectivity index (χ3v) is 9.88. The Balaban J connectivity index is 1.25. The van der Waals surface area contributed by atoms with E-state index in [-0.39, 0.29) is 29.4 Å². The monoisotopic (exact) mass is 477 g/mol. The fourth-order valence-corrected chi connectivity index (χ4v) is 9.45. The maximum absolute atomic E-state index is 13.6. The van der Waals surface area contributed by atoms with E-state index in [1.807, 2.05) is 28.8 Å². The molecule has 4 unspecified atom stereocenters. The second-order valence-corrected chi connectivity index (χ2v) is 12.2. The number of hydrogen-bond donors (Lipinski definition) is 1. The van der Waals surface area contributed by atoms with Crippen LogP contribution in [0.15, 0.2) is 29.1 Å². The molecule has 1 aromatic carbocycles. The number of aliphatic hydroxyl groups is 1. The van der Waals surface area contributed by atoms with Gasteiger partial charge in [-0.1, -0.05) is 12.1 Å². The Kier molecular flexibility index (Phi) is 4.79. The molecule has 2 aromatic rings. The first kappa shape index (κ1) is 22.0. The van der Waals surface area contributed by atoms with Crippen molar-refractivity contribution in [3.8, 4) is 0 Å². The van der Waals surface area contributed by atoms with Crippen LogP contribution in [0.4, 0.5) is 0 Å². The summed E-state index contributed by atoms with van der Waals surface area (Å²) in [4.78, 5) is 33.5. The van der Waals surface area contributed by atoms with E-state index in [0.29, 0.717) is 29.4 Å². The lowest BCUT2D eigenvalue weighted by Crippen LogP contribution is -2.68. The Bertz CT molecular complexity index is 1230. The van der Waals surface area contributed by atoms with E-state index in [1.54, 1.807) is 6.92 Å². The Morgan fingerprint density at radius 2 is 1.74 bits per heavy atom. The summed E-state index contributed by atoms with van der Waals surface area (Å²) in [6.45, 7) is 1.96. The molecule has 6 bridgehead atoms. The van der Waals surface area contributed by atoms with Gasteiger partial charge >= 0.3 is 5.97 Å². The Hall–Kier alpha value is -2.25. The molecule has 7 nitrogen and oxygen atoms in total. The van der Waals surface area contributed by atoms with Crippen LogP contribution in [0.1, 0.15) is 87.7 Å². The zero-order valence-corrected chi connectivity index (χ0v) is 20.5. The molecule has 7 heteroatoms. The van der Waals surface area contributed by atoms with E-state index in [9.17, 15) is 14.7 Å². The highest BCUT2D eigenvalue weighted by Crippen LogP contribution is 2.62. The Morgan fingerprint density at radius 1 is 1.06 bits per heavy atom. The van der Waals surface area contributed by atoms with Crippen LogP contribution >= 0.6 is 0 Å². The normalized spacial score (nSPS) is 39.9. The molecule has 3 heterocycles. The first-order valence-electron chi connectivity index (χ1n) is 13.6. The molecule has 0 amide bonds. The van der Waals surface area contributed by atoms with Crippen molar-refractivity contribution in [3.05, 3.63) is 40.3 Å². The summed E-state index contributed by atoms with van der Waals surface area (Å²) in [5, 5.41) is 11.4. The number of esters is 1. The standard InChI is InChI=1S/C28H35N3O4/c1-2-35-26(33)24-25(32)30(23-6-4-3-5-22(23)29-24)21-10-19-7-8-20(11-21)31(19)27-12-17-9-18(13-27)15-28(34,14-17)16-27/h3-6,17-21,34H,2,7-16H2,1H3. The van der Waals surface area contributed by atoms with Crippen molar-refractivity contribution in [3.63, 3.8) is 0 Å². The van der Waals surface area contributed by atoms with Crippen LogP contribution in [-0.2, 0) is 4.74 Å². The van der Waals surface area contributed by atoms with E-state index in [2.05, 4.69) is 9.88 Å². The molecular formula is C28H35N3O4. The van der Waals surface area contributed by atoms with Gasteiger partial charge < -0.3 is 14.4 Å². The molecule has 1 N–H and O–H groups in total. The second kappa shape index (κ2) is 7.62. The fourth-order valence-electron chi connectivity index (χ4n) is 9.45. The summed E-state index contributed by atoms with van der Waals surface area (Å²) in [5.41, 5.74) is 0.693. The maximum atomic E-state index is 13.6. The minimum absolute atomic E-state index is 0.0364. The molecule has 8 rings (SSSR count). The van der Waals surface area contributed by atoms with E-state index < -0.39 is 11.6 Å². The SMILES string of the molecule is CCOC(=O)c1nc2ccccc2n(C2CC3CCC(C2)N3C23CC4CC(CC(O)(C4)C2)C3)c1=O. The molecule has 2 aliphatic heterocycles. The number of hydrogen-bond acceptors (Lipinski definition) is 6. The quantitative estimate of drug-likeness (QED) is 0.674. The lowest BCUT2D eigenvalue weighted by atomic mass is 9.50. The van der Waals surface area contributed by atoms with Gasteiger partial charge in [0.05, 0.1) is 23.2 Å². The smallest absolute Gasteiger partial charge is 0.362 e. The molecule has 0 spiro atoms. The lowest BCUT2D eigenvalue weighted by Gasteiger charge is -2.65. The summed E-state index contributed by atoms with van der Waals surface area (Å²) >= 11 is 0. The van der Waals surface area contributed by atoms with Gasteiger partial charge in [-0.2, -0.15) is 0 Å². The zero-order valence-electron chi connectivity index (χ0n) is 20.5. The van der Waals surface area contributed by atoms with Gasteiger partial charge in [-0.05, 0) is 95.1 Å². The average Bonchev–Trinajstić information content (AvgIpc) is 3.08. The number of rotatable bonds is 4. The first-order valence-corrected chi connectivity index (χ1v) is 13.6. The molecule has 4 aliphatic carbocycles. The van der Waals surface area contributed by atoms with Crippen LogP contribution in [0.3, 0.4) is 0 Å². The van der Waals surface area contributed by atoms with Crippen molar-refractivity contribution in [1.82, 2.24) is 14.5 Å². The predicted molar refractivity (Wildman–Crippen MR) is 131 cm³/mol. The molecule has 4 saturated carbocycles. The van der Waals surface area contributed by atoms with Gasteiger partial charge in [-0.15, -0.1) is 0 Å². The number of benzene rings is 1. The highest BCUT2D eigenvalue weighted by molar-refractivity contribution is 5.89. The summed E-state index contributed by atoms with van der Waals surface area (Å²) < 4.78 is 7.02. The molecule has 2 saturated heterocycles. The number of nitrogens with zero attached hydrogens (tertiary/aromatic N) is 3. The van der Waals surface area contributed by atoms with Gasteiger partial charge in [-0.25, -0.2) is 9.78 Å². The molecule has 4 atom stereocenters. The van der Waals surface area contributed by atoms with Crippen LogP contribution in [0.5, 0.6) is 0 Å². The molecule has 6 fully saturated rings. The number of aromatic nitrogens is 2. The van der Waals surface area contributed by atoms with Gasteiger partial charge in [0.25, 0.3) is 5.56 Å². The lowest BCUT2D eigenvalue weighted by molar-refractivity contribution is -0.190. The number of carbonyl (C=O) groups is 1. The van der Waals surface area contributed by atoms with Crippen molar-refractivity contribution in [2.24, 2.45) is 11.8 Å². The second-order valence-electron chi connectivity index (χ2n) is 12.2. The van der Waals surface area contributed by atoms with Crippen LogP contribution in [0, 0.1) is 11.8 Å². The molecular weight excluding hydrogens is 442 g/mol. The van der Waals surface area contributed by atoms with Gasteiger partial charge in [0.1, 0.15) is 0 Å². The maximum Gasteiger partial charge on any atom is 0.362 e. The van der Waals surface area contributed by atoms with E-state index >= 15 is 0 Å². The minimum atomic E-state index is -0.640. The van der Waals surface area contributed by atoms with Crippen LogP contribution in [0.25, 0.3) is 11.0 Å². The third kappa shape index (κ3) is 3.27. The van der Waals surface area contributed by atoms with Gasteiger partial charge in [0, 0.05) is 23.7 Å². The van der Waals surface area contributed by atoms with Crippen molar-refractivity contribution in [1.29, 1.82) is 0 Å². The topological polar surface area (TPSA) is 84.7 Å². The largest absolute Gasteiger partial charge is 0.461 e. The summed E-state index contributed by atoms with van der Waals surface area (Å²) in [5.74, 6) is 0.689. The van der Waals surface area contributed by atoms with Gasteiger partial charge in [0.2, 0.25) is 5.69 Å². The van der Waals surface area contributed by atoms with Gasteiger partial charge in [0.15, 0.2) is 0 Å².